The molecule has 0 aromatic rings. The topological polar surface area (TPSA) is 193 Å². The van der Waals surface area contributed by atoms with Gasteiger partial charge in [-0.3, -0.25) is 0 Å². The van der Waals surface area contributed by atoms with Crippen LogP contribution in [-0.4, -0.2) is 80.1 Å². The molecule has 0 bridgehead atoms. The zero-order valence-corrected chi connectivity index (χ0v) is 15.5. The highest BCUT2D eigenvalue weighted by molar-refractivity contribution is 5.79. The molecule has 27 heavy (non-hydrogen) atoms. The van der Waals surface area contributed by atoms with Gasteiger partial charge in [0.25, 0.3) is 0 Å². The first-order valence-corrected chi connectivity index (χ1v) is 7.30. The number of aliphatic hydroxyl groups is 4. The van der Waals surface area contributed by atoms with Crippen molar-refractivity contribution in [2.24, 2.45) is 10.8 Å². The van der Waals surface area contributed by atoms with E-state index in [4.69, 9.17) is 35.7 Å². The Morgan fingerprint density at radius 1 is 0.630 bits per heavy atom. The molecule has 0 heterocycles. The van der Waals surface area contributed by atoms with Crippen molar-refractivity contribution in [3.63, 3.8) is 0 Å². The molecule has 0 spiro atoms. The maximum atomic E-state index is 9.25. The van der Waals surface area contributed by atoms with E-state index in [1.165, 1.54) is 0 Å². The lowest BCUT2D eigenvalue weighted by Gasteiger charge is -2.41. The first-order valence-electron chi connectivity index (χ1n) is 7.30. The fourth-order valence-electron chi connectivity index (χ4n) is 0.863. The summed E-state index contributed by atoms with van der Waals surface area (Å²) in [5, 5.41) is 58.8. The highest BCUT2D eigenvalue weighted by Crippen LogP contribution is 2.37. The van der Waals surface area contributed by atoms with Gasteiger partial charge in [-0.2, -0.15) is 0 Å². The third kappa shape index (κ3) is 18.1. The quantitative estimate of drug-likeness (QED) is 0.270. The van der Waals surface area contributed by atoms with E-state index in [0.717, 1.165) is 18.2 Å². The van der Waals surface area contributed by atoms with Crippen molar-refractivity contribution in [2.45, 2.75) is 13.8 Å². The van der Waals surface area contributed by atoms with E-state index >= 15 is 0 Å². The monoisotopic (exact) mass is 394 g/mol. The van der Waals surface area contributed by atoms with Crippen molar-refractivity contribution >= 4 is 17.9 Å². The molecule has 7 N–H and O–H groups in total. The second-order valence-corrected chi connectivity index (χ2v) is 5.38. The van der Waals surface area contributed by atoms with Gasteiger partial charge in [0.15, 0.2) is 0 Å². The van der Waals surface area contributed by atoms with E-state index in [0.29, 0.717) is 0 Å². The minimum atomic E-state index is -0.981. The highest BCUT2D eigenvalue weighted by atomic mass is 16.4. The van der Waals surface area contributed by atoms with Crippen LogP contribution in [0.3, 0.4) is 0 Å². The normalized spacial score (nSPS) is 9.56. The Kier molecular flexibility index (Phi) is 21.8. The second-order valence-electron chi connectivity index (χ2n) is 5.38. The summed E-state index contributed by atoms with van der Waals surface area (Å²) in [6.07, 6.45) is 2.50. The Hall–Kier alpha value is -2.53. The molecule has 0 aliphatic heterocycles. The molecule has 0 radical (unpaired) electrons. The maximum Gasteiger partial charge on any atom is 0.327 e. The van der Waals surface area contributed by atoms with Crippen LogP contribution in [-0.2, 0) is 14.4 Å². The lowest BCUT2D eigenvalue weighted by atomic mass is 9.67. The highest BCUT2D eigenvalue weighted by Gasteiger charge is 2.43. The molecule has 0 aromatic carbocycles. The third-order valence-electron chi connectivity index (χ3n) is 3.38. The smallest absolute Gasteiger partial charge is 0.327 e. The Balaban J connectivity index is -0.000000147. The summed E-state index contributed by atoms with van der Waals surface area (Å²) >= 11 is 0. The first kappa shape index (κ1) is 32.2. The molecule has 158 valence electrons. The standard InChI is InChI=1S/C8H18O4.3C3H4O2/c1-7(3-9,4-10)8(2,5-11)6-12;3*1-2-3(4)5/h9-12H,3-6H2,1-2H3;3*2H,1H2,(H,4,5). The summed E-state index contributed by atoms with van der Waals surface area (Å²) in [5.41, 5.74) is -1.70. The van der Waals surface area contributed by atoms with Crippen molar-refractivity contribution < 1.29 is 50.1 Å². The van der Waals surface area contributed by atoms with Crippen LogP contribution in [0.25, 0.3) is 0 Å². The van der Waals surface area contributed by atoms with Crippen LogP contribution in [0, 0.1) is 10.8 Å². The number of hydrogen-bond acceptors (Lipinski definition) is 7. The van der Waals surface area contributed by atoms with Crippen molar-refractivity contribution in [3.8, 4) is 0 Å². The number of carboxylic acids is 3. The average molecular weight is 394 g/mol. The Bertz CT molecular complexity index is 404. The summed E-state index contributed by atoms with van der Waals surface area (Å²) in [6.45, 7) is 11.1. The summed E-state index contributed by atoms with van der Waals surface area (Å²) in [6, 6.07) is 0. The zero-order chi connectivity index (χ0) is 22.7. The van der Waals surface area contributed by atoms with Gasteiger partial charge in [0.1, 0.15) is 0 Å². The van der Waals surface area contributed by atoms with Crippen molar-refractivity contribution in [2.75, 3.05) is 26.4 Å². The van der Waals surface area contributed by atoms with Gasteiger partial charge in [-0.05, 0) is 0 Å². The molecule has 0 amide bonds. The van der Waals surface area contributed by atoms with Crippen LogP contribution in [0.4, 0.5) is 0 Å². The Morgan fingerprint density at radius 2 is 0.741 bits per heavy atom. The van der Waals surface area contributed by atoms with Crippen LogP contribution in [0.15, 0.2) is 38.0 Å². The lowest BCUT2D eigenvalue weighted by Crippen LogP contribution is -2.48. The molecule has 0 aliphatic rings. The van der Waals surface area contributed by atoms with Crippen LogP contribution in [0.5, 0.6) is 0 Å². The molecule has 0 saturated carbocycles. The van der Waals surface area contributed by atoms with Crippen molar-refractivity contribution in [3.05, 3.63) is 38.0 Å². The first-order chi connectivity index (χ1) is 12.3. The van der Waals surface area contributed by atoms with Gasteiger partial charge < -0.3 is 35.7 Å². The predicted octanol–water partition coefficient (Wildman–Crippen LogP) is -0.261. The number of aliphatic carboxylic acids is 3. The minimum absolute atomic E-state index is 0.263. The SMILES string of the molecule is C=CC(=O)O.C=CC(=O)O.C=CC(=O)O.CC(CO)(CO)C(C)(CO)CO. The van der Waals surface area contributed by atoms with Gasteiger partial charge in [0.2, 0.25) is 0 Å². The van der Waals surface area contributed by atoms with Gasteiger partial charge in [0, 0.05) is 29.1 Å². The van der Waals surface area contributed by atoms with Crippen LogP contribution in [0.2, 0.25) is 0 Å². The van der Waals surface area contributed by atoms with E-state index in [1.807, 2.05) is 0 Å². The zero-order valence-electron chi connectivity index (χ0n) is 15.5. The molecular weight excluding hydrogens is 364 g/mol. The van der Waals surface area contributed by atoms with E-state index in [2.05, 4.69) is 19.7 Å². The van der Waals surface area contributed by atoms with E-state index in [1.54, 1.807) is 13.8 Å². The number of aliphatic hydroxyl groups excluding tert-OH is 4. The average Bonchev–Trinajstić information content (AvgIpc) is 2.67. The summed E-state index contributed by atoms with van der Waals surface area (Å²) < 4.78 is 0. The van der Waals surface area contributed by atoms with Gasteiger partial charge in [-0.25, -0.2) is 14.4 Å². The second kappa shape index (κ2) is 18.3. The Morgan fingerprint density at radius 3 is 0.778 bits per heavy atom. The molecule has 0 aliphatic carbocycles. The summed E-state index contributed by atoms with van der Waals surface area (Å²) in [5.74, 6) is -2.94. The summed E-state index contributed by atoms with van der Waals surface area (Å²) in [7, 11) is 0. The lowest BCUT2D eigenvalue weighted by molar-refractivity contribution is -0.132. The van der Waals surface area contributed by atoms with Gasteiger partial charge in [-0.15, -0.1) is 0 Å². The fourth-order valence-corrected chi connectivity index (χ4v) is 0.863. The third-order valence-corrected chi connectivity index (χ3v) is 3.38. The van der Waals surface area contributed by atoms with E-state index in [-0.39, 0.29) is 26.4 Å². The van der Waals surface area contributed by atoms with Gasteiger partial charge in [0.05, 0.1) is 26.4 Å². The molecule has 0 rings (SSSR count). The Labute approximate surface area is 158 Å². The van der Waals surface area contributed by atoms with Gasteiger partial charge >= 0.3 is 17.9 Å². The van der Waals surface area contributed by atoms with E-state index < -0.39 is 28.7 Å². The van der Waals surface area contributed by atoms with Crippen LogP contribution < -0.4 is 0 Å². The van der Waals surface area contributed by atoms with Crippen LogP contribution in [0.1, 0.15) is 13.8 Å². The summed E-state index contributed by atoms with van der Waals surface area (Å²) in [4.78, 5) is 27.8. The largest absolute Gasteiger partial charge is 0.478 e. The number of carbonyl (C=O) groups is 3. The predicted molar refractivity (Wildman–Crippen MR) is 98.1 cm³/mol. The van der Waals surface area contributed by atoms with Crippen LogP contribution >= 0.6 is 0 Å². The fraction of sp³-hybridized carbons (Fsp3) is 0.471. The molecule has 0 saturated heterocycles. The molecule has 0 unspecified atom stereocenters. The minimum Gasteiger partial charge on any atom is -0.478 e. The molecule has 10 nitrogen and oxygen atoms in total. The number of carboxylic acid groups (broad SMARTS) is 3. The molecule has 0 aromatic heterocycles. The number of hydrogen-bond donors (Lipinski definition) is 7. The van der Waals surface area contributed by atoms with Gasteiger partial charge in [-0.1, -0.05) is 33.6 Å². The molecule has 10 heteroatoms. The molecule has 0 atom stereocenters. The molecular formula is C17H30O10. The van der Waals surface area contributed by atoms with E-state index in [9.17, 15) is 14.4 Å². The number of rotatable bonds is 8. The maximum absolute atomic E-state index is 9.25. The van der Waals surface area contributed by atoms with Crippen molar-refractivity contribution in [1.29, 1.82) is 0 Å². The van der Waals surface area contributed by atoms with Crippen molar-refractivity contribution in [1.82, 2.24) is 0 Å². The molecule has 0 fully saturated rings.